The first-order valence-corrected chi connectivity index (χ1v) is 10.8. The van der Waals surface area contributed by atoms with E-state index < -0.39 is 11.8 Å². The number of rotatable bonds is 7. The van der Waals surface area contributed by atoms with Gasteiger partial charge in [-0.25, -0.2) is 9.48 Å². The Morgan fingerprint density at radius 1 is 1.09 bits per heavy atom. The summed E-state index contributed by atoms with van der Waals surface area (Å²) >= 11 is 1.55. The Labute approximate surface area is 185 Å². The molecule has 2 N–H and O–H groups in total. The number of nitrogens with zero attached hydrogens (tertiary/aromatic N) is 4. The van der Waals surface area contributed by atoms with Crippen LogP contribution >= 0.6 is 11.3 Å². The molecule has 0 aliphatic rings. The lowest BCUT2D eigenvalue weighted by atomic mass is 10.1. The summed E-state index contributed by atoms with van der Waals surface area (Å²) in [6.07, 6.45) is 1.30. The highest BCUT2D eigenvalue weighted by Gasteiger charge is 2.12. The minimum Gasteiger partial charge on any atom is -0.327 e. The van der Waals surface area contributed by atoms with E-state index in [0.29, 0.717) is 6.54 Å². The minimum absolute atomic E-state index is 0.0375. The van der Waals surface area contributed by atoms with Gasteiger partial charge >= 0.3 is 5.69 Å². The maximum atomic E-state index is 12.8. The van der Waals surface area contributed by atoms with Crippen LogP contribution in [-0.4, -0.2) is 25.5 Å². The number of halogens is 2. The molecule has 1 aromatic carbocycles. The summed E-state index contributed by atoms with van der Waals surface area (Å²) in [4.78, 5) is 25.3. The molecule has 0 radical (unpaired) electrons. The molecule has 4 rings (SSSR count). The molecule has 0 fully saturated rings. The minimum atomic E-state index is -1.89. The van der Waals surface area contributed by atoms with Crippen LogP contribution in [0.1, 0.15) is 11.8 Å². The summed E-state index contributed by atoms with van der Waals surface area (Å²) in [5, 5.41) is 4.95. The van der Waals surface area contributed by atoms with Crippen molar-refractivity contribution in [2.75, 3.05) is 6.54 Å². The molecule has 3 heterocycles. The van der Waals surface area contributed by atoms with Crippen molar-refractivity contribution in [1.29, 1.82) is 0 Å². The maximum absolute atomic E-state index is 12.8. The molecule has 0 bridgehead atoms. The number of aryl methyl sites for hydroxylation is 1. The number of benzene rings is 1. The molecule has 0 atom stereocenters. The fourth-order valence-corrected chi connectivity index (χ4v) is 4.49. The van der Waals surface area contributed by atoms with Gasteiger partial charge in [-0.1, -0.05) is 6.07 Å². The zero-order valence-electron chi connectivity index (χ0n) is 17.3. The Hall–Kier alpha value is -3.37. The Balaban J connectivity index is 1.60. The first-order chi connectivity index (χ1) is 15.4. The Morgan fingerprint density at radius 2 is 1.88 bits per heavy atom. The highest BCUT2D eigenvalue weighted by Crippen LogP contribution is 2.30. The lowest BCUT2D eigenvalue weighted by Crippen LogP contribution is -2.27. The number of hydrogen-bond donors (Lipinski definition) is 1. The van der Waals surface area contributed by atoms with Crippen LogP contribution in [0, 0.1) is 0 Å². The van der Waals surface area contributed by atoms with E-state index in [-0.39, 0.29) is 30.8 Å². The molecule has 0 aliphatic carbocycles. The number of aromatic nitrogens is 4. The standard InChI is InChI=1S/C22H21F2N5O2S/c1-2-27-10-15(4-6-20(27)30)14-3-5-19-16(7-14)8-18(32-19)12-28-13-26-29(22(28)31)11-17(9-25)21(23)24/h3-8,10,13H,2,9,11-12,25H2,1H3. The van der Waals surface area contributed by atoms with Crippen LogP contribution in [-0.2, 0) is 19.6 Å². The van der Waals surface area contributed by atoms with Crippen molar-refractivity contribution in [3.8, 4) is 11.1 Å². The van der Waals surface area contributed by atoms with Gasteiger partial charge in [0.2, 0.25) is 0 Å². The van der Waals surface area contributed by atoms with E-state index in [1.165, 1.54) is 10.9 Å². The highest BCUT2D eigenvalue weighted by molar-refractivity contribution is 7.19. The van der Waals surface area contributed by atoms with Gasteiger partial charge in [0.1, 0.15) is 6.33 Å². The predicted molar refractivity (Wildman–Crippen MR) is 121 cm³/mol. The molecule has 0 spiro atoms. The molecule has 0 unspecified atom stereocenters. The number of nitrogens with two attached hydrogens (primary N) is 1. The van der Waals surface area contributed by atoms with Gasteiger partial charge in [0.15, 0.2) is 0 Å². The lowest BCUT2D eigenvalue weighted by molar-refractivity contribution is 0.400. The average molecular weight is 458 g/mol. The van der Waals surface area contributed by atoms with Crippen LogP contribution in [0.25, 0.3) is 21.2 Å². The van der Waals surface area contributed by atoms with Crippen LogP contribution in [0.5, 0.6) is 0 Å². The van der Waals surface area contributed by atoms with E-state index in [0.717, 1.165) is 30.8 Å². The molecule has 0 aliphatic heterocycles. The SMILES string of the molecule is CCn1cc(-c2ccc3sc(Cn4cnn(CC(CN)=C(F)F)c4=O)cc3c2)ccc1=O. The molecule has 32 heavy (non-hydrogen) atoms. The van der Waals surface area contributed by atoms with Gasteiger partial charge in [-0.15, -0.1) is 11.3 Å². The number of hydrogen-bond acceptors (Lipinski definition) is 5. The number of fused-ring (bicyclic) bond motifs is 1. The van der Waals surface area contributed by atoms with Gasteiger partial charge in [0.05, 0.1) is 13.1 Å². The van der Waals surface area contributed by atoms with Crippen LogP contribution in [0.4, 0.5) is 8.78 Å². The second kappa shape index (κ2) is 9.01. The van der Waals surface area contributed by atoms with E-state index in [4.69, 9.17) is 5.73 Å². The quantitative estimate of drug-likeness (QED) is 0.461. The third-order valence-electron chi connectivity index (χ3n) is 5.20. The summed E-state index contributed by atoms with van der Waals surface area (Å²) in [5.41, 5.74) is 6.43. The Morgan fingerprint density at radius 3 is 2.59 bits per heavy atom. The fourth-order valence-electron chi connectivity index (χ4n) is 3.44. The van der Waals surface area contributed by atoms with Crippen molar-refractivity contribution in [1.82, 2.24) is 18.9 Å². The maximum Gasteiger partial charge on any atom is 0.346 e. The topological polar surface area (TPSA) is 87.8 Å². The summed E-state index contributed by atoms with van der Waals surface area (Å²) in [5.74, 6) is 0. The number of pyridine rings is 1. The second-order valence-electron chi connectivity index (χ2n) is 7.27. The zero-order chi connectivity index (χ0) is 22.8. The normalized spacial score (nSPS) is 11.2. The molecule has 0 saturated heterocycles. The molecular weight excluding hydrogens is 436 g/mol. The summed E-state index contributed by atoms with van der Waals surface area (Å²) in [7, 11) is 0. The Kier molecular flexibility index (Phi) is 6.15. The average Bonchev–Trinajstić information content (AvgIpc) is 3.34. The fraction of sp³-hybridized carbons (Fsp3) is 0.227. The smallest absolute Gasteiger partial charge is 0.327 e. The zero-order valence-corrected chi connectivity index (χ0v) is 18.1. The Bertz CT molecular complexity index is 1430. The first kappa shape index (κ1) is 21.8. The molecule has 4 aromatic rings. The highest BCUT2D eigenvalue weighted by atomic mass is 32.1. The van der Waals surface area contributed by atoms with Gasteiger partial charge in [0, 0.05) is 40.5 Å². The van der Waals surface area contributed by atoms with Gasteiger partial charge in [-0.05, 0) is 47.7 Å². The third-order valence-corrected chi connectivity index (χ3v) is 6.30. The molecule has 10 heteroatoms. The van der Waals surface area contributed by atoms with Crippen molar-refractivity contribution in [2.24, 2.45) is 5.73 Å². The predicted octanol–water partition coefficient (Wildman–Crippen LogP) is 3.27. The molecule has 0 saturated carbocycles. The second-order valence-corrected chi connectivity index (χ2v) is 8.44. The first-order valence-electron chi connectivity index (χ1n) is 9.98. The van der Waals surface area contributed by atoms with Gasteiger partial charge in [-0.3, -0.25) is 9.36 Å². The van der Waals surface area contributed by atoms with E-state index in [1.54, 1.807) is 28.0 Å². The van der Waals surface area contributed by atoms with E-state index in [9.17, 15) is 18.4 Å². The van der Waals surface area contributed by atoms with Gasteiger partial charge in [-0.2, -0.15) is 13.9 Å². The summed E-state index contributed by atoms with van der Waals surface area (Å²) < 4.78 is 30.8. The van der Waals surface area contributed by atoms with Crippen molar-refractivity contribution < 1.29 is 8.78 Å². The molecule has 0 amide bonds. The van der Waals surface area contributed by atoms with Crippen LogP contribution in [0.15, 0.2) is 70.2 Å². The van der Waals surface area contributed by atoms with E-state index in [1.807, 2.05) is 37.4 Å². The monoisotopic (exact) mass is 457 g/mol. The van der Waals surface area contributed by atoms with Crippen molar-refractivity contribution in [3.63, 3.8) is 0 Å². The lowest BCUT2D eigenvalue weighted by Gasteiger charge is -2.06. The van der Waals surface area contributed by atoms with Crippen LogP contribution < -0.4 is 17.0 Å². The number of thiophene rings is 1. The van der Waals surface area contributed by atoms with Crippen molar-refractivity contribution >= 4 is 21.4 Å². The molecule has 3 aromatic heterocycles. The van der Waals surface area contributed by atoms with E-state index >= 15 is 0 Å². The van der Waals surface area contributed by atoms with Crippen LogP contribution in [0.3, 0.4) is 0 Å². The summed E-state index contributed by atoms with van der Waals surface area (Å²) in [6, 6.07) is 11.4. The molecule has 166 valence electrons. The molecule has 7 nitrogen and oxygen atoms in total. The van der Waals surface area contributed by atoms with Crippen molar-refractivity contribution in [3.05, 3.63) is 86.3 Å². The van der Waals surface area contributed by atoms with Gasteiger partial charge < -0.3 is 10.3 Å². The largest absolute Gasteiger partial charge is 0.346 e. The van der Waals surface area contributed by atoms with Crippen molar-refractivity contribution in [2.45, 2.75) is 26.6 Å². The van der Waals surface area contributed by atoms with Crippen LogP contribution in [0.2, 0.25) is 0 Å². The summed E-state index contributed by atoms with van der Waals surface area (Å²) in [6.45, 7) is 2.13. The third kappa shape index (κ3) is 4.32. The van der Waals surface area contributed by atoms with Gasteiger partial charge in [0.25, 0.3) is 11.6 Å². The molecular formula is C22H21F2N5O2S. The van der Waals surface area contributed by atoms with E-state index in [2.05, 4.69) is 5.10 Å².